The van der Waals surface area contributed by atoms with Crippen molar-refractivity contribution >= 4 is 5.69 Å². The van der Waals surface area contributed by atoms with Gasteiger partial charge < -0.3 is 15.5 Å². The van der Waals surface area contributed by atoms with Crippen LogP contribution in [0.25, 0.3) is 0 Å². The van der Waals surface area contributed by atoms with E-state index in [1.807, 2.05) is 25.1 Å². The van der Waals surface area contributed by atoms with Crippen LogP contribution in [0.1, 0.15) is 29.2 Å². The summed E-state index contributed by atoms with van der Waals surface area (Å²) in [5, 5.41) is 22.8. The quantitative estimate of drug-likeness (QED) is 0.720. The molecule has 2 aromatic carbocycles. The van der Waals surface area contributed by atoms with Crippen LogP contribution in [0.3, 0.4) is 0 Å². The van der Waals surface area contributed by atoms with Gasteiger partial charge in [-0.1, -0.05) is 12.1 Å². The maximum Gasteiger partial charge on any atom is 0.119 e. The highest BCUT2D eigenvalue weighted by atomic mass is 16.3. The Balaban J connectivity index is 1.86. The highest BCUT2D eigenvalue weighted by Gasteiger charge is 2.24. The van der Waals surface area contributed by atoms with Crippen LogP contribution in [-0.4, -0.2) is 10.2 Å². The summed E-state index contributed by atoms with van der Waals surface area (Å²) in [6, 6.07) is 11.4. The van der Waals surface area contributed by atoms with Crippen molar-refractivity contribution in [2.75, 3.05) is 5.32 Å². The van der Waals surface area contributed by atoms with Gasteiger partial charge in [0.25, 0.3) is 0 Å². The molecule has 0 spiro atoms. The number of phenolic OH excluding ortho intramolecular Hbond substituents is 2. The molecule has 2 aromatic rings. The van der Waals surface area contributed by atoms with Gasteiger partial charge in [-0.15, -0.1) is 0 Å². The van der Waals surface area contributed by atoms with Gasteiger partial charge in [0, 0.05) is 5.69 Å². The monoisotopic (exact) mass is 255 g/mol. The van der Waals surface area contributed by atoms with Gasteiger partial charge in [0.1, 0.15) is 11.5 Å². The lowest BCUT2D eigenvalue weighted by Gasteiger charge is -2.16. The van der Waals surface area contributed by atoms with Crippen LogP contribution >= 0.6 is 0 Å². The summed E-state index contributed by atoms with van der Waals surface area (Å²) in [6.45, 7) is 1.88. The molecule has 3 N–H and O–H groups in total. The maximum atomic E-state index is 9.83. The third-order valence-electron chi connectivity index (χ3n) is 3.78. The number of hydrogen-bond acceptors (Lipinski definition) is 3. The topological polar surface area (TPSA) is 52.5 Å². The second-order valence-electron chi connectivity index (χ2n) is 5.08. The fourth-order valence-corrected chi connectivity index (χ4v) is 2.73. The molecule has 0 bridgehead atoms. The van der Waals surface area contributed by atoms with Crippen molar-refractivity contribution in [3.05, 3.63) is 53.1 Å². The average Bonchev–Trinajstić information content (AvgIpc) is 2.79. The van der Waals surface area contributed by atoms with E-state index < -0.39 is 0 Å². The molecule has 0 heterocycles. The number of fused-ring (bicyclic) bond motifs is 1. The van der Waals surface area contributed by atoms with Crippen LogP contribution in [-0.2, 0) is 6.42 Å². The van der Waals surface area contributed by atoms with Gasteiger partial charge in [-0.05, 0) is 60.7 Å². The molecule has 0 aromatic heterocycles. The molecule has 0 fully saturated rings. The number of aryl methyl sites for hydroxylation is 1. The predicted molar refractivity (Wildman–Crippen MR) is 75.6 cm³/mol. The van der Waals surface area contributed by atoms with E-state index in [0.29, 0.717) is 11.5 Å². The Kier molecular flexibility index (Phi) is 2.82. The molecule has 3 nitrogen and oxygen atoms in total. The molecule has 3 heteroatoms. The number of nitrogens with one attached hydrogen (secondary N) is 1. The maximum absolute atomic E-state index is 9.83. The Morgan fingerprint density at radius 1 is 1.11 bits per heavy atom. The van der Waals surface area contributed by atoms with Gasteiger partial charge in [0.05, 0.1) is 6.04 Å². The van der Waals surface area contributed by atoms with Crippen molar-refractivity contribution in [1.82, 2.24) is 0 Å². The van der Waals surface area contributed by atoms with E-state index in [4.69, 9.17) is 0 Å². The summed E-state index contributed by atoms with van der Waals surface area (Å²) >= 11 is 0. The number of hydrogen-bond donors (Lipinski definition) is 3. The largest absolute Gasteiger partial charge is 0.508 e. The zero-order valence-electron chi connectivity index (χ0n) is 10.9. The van der Waals surface area contributed by atoms with Gasteiger partial charge in [0.15, 0.2) is 0 Å². The normalized spacial score (nSPS) is 17.2. The number of benzene rings is 2. The lowest BCUT2D eigenvalue weighted by atomic mass is 10.1. The van der Waals surface area contributed by atoms with Crippen molar-refractivity contribution in [1.29, 1.82) is 0 Å². The standard InChI is InChI=1S/C16H17NO2/c1-10-9-11(5-8-15(10)18)17-14-7-6-13-12(14)3-2-4-16(13)19/h2-5,8-9,14,17-19H,6-7H2,1H3. The molecule has 0 radical (unpaired) electrons. The van der Waals surface area contributed by atoms with Gasteiger partial charge in [-0.25, -0.2) is 0 Å². The molecule has 1 unspecified atom stereocenters. The lowest BCUT2D eigenvalue weighted by molar-refractivity contribution is 0.469. The van der Waals surface area contributed by atoms with E-state index in [0.717, 1.165) is 29.7 Å². The Morgan fingerprint density at radius 2 is 1.95 bits per heavy atom. The van der Waals surface area contributed by atoms with Gasteiger partial charge in [-0.3, -0.25) is 0 Å². The molecule has 0 amide bonds. The minimum atomic E-state index is 0.228. The van der Waals surface area contributed by atoms with Crippen molar-refractivity contribution in [2.45, 2.75) is 25.8 Å². The first-order valence-corrected chi connectivity index (χ1v) is 6.52. The lowest BCUT2D eigenvalue weighted by Crippen LogP contribution is -2.07. The molecule has 0 saturated carbocycles. The number of rotatable bonds is 2. The Hall–Kier alpha value is -2.16. The number of anilines is 1. The van der Waals surface area contributed by atoms with Gasteiger partial charge >= 0.3 is 0 Å². The number of phenols is 2. The minimum absolute atomic E-state index is 0.228. The summed E-state index contributed by atoms with van der Waals surface area (Å²) in [6.07, 6.45) is 1.88. The van der Waals surface area contributed by atoms with Crippen LogP contribution in [0.2, 0.25) is 0 Å². The van der Waals surface area contributed by atoms with E-state index in [-0.39, 0.29) is 6.04 Å². The Morgan fingerprint density at radius 3 is 2.74 bits per heavy atom. The van der Waals surface area contributed by atoms with Crippen molar-refractivity contribution in [3.63, 3.8) is 0 Å². The van der Waals surface area contributed by atoms with E-state index in [1.165, 1.54) is 5.56 Å². The zero-order valence-corrected chi connectivity index (χ0v) is 10.9. The summed E-state index contributed by atoms with van der Waals surface area (Å²) in [5.41, 5.74) is 4.08. The van der Waals surface area contributed by atoms with Crippen LogP contribution in [0, 0.1) is 6.92 Å². The molecule has 0 saturated heterocycles. The fraction of sp³-hybridized carbons (Fsp3) is 0.250. The van der Waals surface area contributed by atoms with Gasteiger partial charge in [0.2, 0.25) is 0 Å². The predicted octanol–water partition coefficient (Wildman–Crippen LogP) is 3.51. The SMILES string of the molecule is Cc1cc(NC2CCc3c(O)cccc32)ccc1O. The van der Waals surface area contributed by atoms with Crippen molar-refractivity contribution < 1.29 is 10.2 Å². The molecule has 1 atom stereocenters. The molecular weight excluding hydrogens is 238 g/mol. The molecule has 98 valence electrons. The Bertz CT molecular complexity index is 622. The van der Waals surface area contributed by atoms with Crippen LogP contribution in [0.4, 0.5) is 5.69 Å². The highest BCUT2D eigenvalue weighted by Crippen LogP contribution is 2.38. The fourth-order valence-electron chi connectivity index (χ4n) is 2.73. The third kappa shape index (κ3) is 2.12. The summed E-state index contributed by atoms with van der Waals surface area (Å²) < 4.78 is 0. The van der Waals surface area contributed by atoms with Crippen LogP contribution < -0.4 is 5.32 Å². The number of aromatic hydroxyl groups is 2. The van der Waals surface area contributed by atoms with E-state index in [2.05, 4.69) is 11.4 Å². The molecule has 19 heavy (non-hydrogen) atoms. The summed E-state index contributed by atoms with van der Waals surface area (Å²) in [7, 11) is 0. The van der Waals surface area contributed by atoms with E-state index >= 15 is 0 Å². The summed E-state index contributed by atoms with van der Waals surface area (Å²) in [4.78, 5) is 0. The van der Waals surface area contributed by atoms with E-state index in [1.54, 1.807) is 12.1 Å². The van der Waals surface area contributed by atoms with Crippen LogP contribution in [0.5, 0.6) is 11.5 Å². The second kappa shape index (κ2) is 4.50. The first-order chi connectivity index (χ1) is 9.15. The zero-order chi connectivity index (χ0) is 13.4. The smallest absolute Gasteiger partial charge is 0.119 e. The van der Waals surface area contributed by atoms with Crippen molar-refractivity contribution in [2.24, 2.45) is 0 Å². The first-order valence-electron chi connectivity index (χ1n) is 6.52. The molecule has 3 rings (SSSR count). The second-order valence-corrected chi connectivity index (χ2v) is 5.08. The van der Waals surface area contributed by atoms with Crippen LogP contribution in [0.15, 0.2) is 36.4 Å². The molecule has 0 aliphatic heterocycles. The van der Waals surface area contributed by atoms with Crippen molar-refractivity contribution in [3.8, 4) is 11.5 Å². The molecule has 1 aliphatic carbocycles. The Labute approximate surface area is 112 Å². The van der Waals surface area contributed by atoms with Gasteiger partial charge in [-0.2, -0.15) is 0 Å². The van der Waals surface area contributed by atoms with E-state index in [9.17, 15) is 10.2 Å². The first kappa shape index (κ1) is 11.9. The molecular formula is C16H17NO2. The third-order valence-corrected chi connectivity index (χ3v) is 3.78. The summed E-state index contributed by atoms with van der Waals surface area (Å²) in [5.74, 6) is 0.707. The average molecular weight is 255 g/mol. The highest BCUT2D eigenvalue weighted by molar-refractivity contribution is 5.54. The molecule has 1 aliphatic rings. The minimum Gasteiger partial charge on any atom is -0.508 e.